The second-order valence-electron chi connectivity index (χ2n) is 4.09. The molecule has 0 spiro atoms. The van der Waals surface area contributed by atoms with Crippen LogP contribution in [0.25, 0.3) is 10.2 Å². The van der Waals surface area contributed by atoms with Gasteiger partial charge in [-0.1, -0.05) is 18.2 Å². The molecule has 0 radical (unpaired) electrons. The van der Waals surface area contributed by atoms with Crippen molar-refractivity contribution in [2.45, 2.75) is 6.18 Å². The summed E-state index contributed by atoms with van der Waals surface area (Å²) in [6.45, 7) is 3.45. The van der Waals surface area contributed by atoms with Crippen LogP contribution in [-0.2, 0) is 6.18 Å². The van der Waals surface area contributed by atoms with Gasteiger partial charge in [0.25, 0.3) is 5.91 Å². The molecule has 0 fully saturated rings. The van der Waals surface area contributed by atoms with Crippen LogP contribution in [0, 0.1) is 0 Å². The van der Waals surface area contributed by atoms with E-state index in [1.807, 2.05) is 0 Å². The first-order valence-electron chi connectivity index (χ1n) is 5.58. The second-order valence-corrected chi connectivity index (χ2v) is 5.63. The van der Waals surface area contributed by atoms with Crippen molar-refractivity contribution in [2.24, 2.45) is 0 Å². The number of aromatic nitrogens is 1. The monoisotopic (exact) mass is 335 g/mol. The fraction of sp³-hybridized carbons (Fsp3) is 0.167. The highest BCUT2D eigenvalue weighted by Crippen LogP contribution is 2.35. The number of fused-ring (bicyclic) bond motifs is 1. The maximum atomic E-state index is 12.6. The molecule has 0 aliphatic carbocycles. The minimum atomic E-state index is -4.55. The standard InChI is InChI=1S/C12H9ClF3N3OS/c1-5(13)4-18-10(20)9-8(17)6-2-3-7(12(14,15)16)19-11(6)21-9/h2-3H,1,4,17H2,(H,18,20). The predicted molar refractivity (Wildman–Crippen MR) is 76.4 cm³/mol. The highest BCUT2D eigenvalue weighted by Gasteiger charge is 2.33. The largest absolute Gasteiger partial charge is 0.433 e. The number of alkyl halides is 3. The Kier molecular flexibility index (Phi) is 4.11. The molecule has 0 saturated heterocycles. The average molecular weight is 336 g/mol. The number of nitrogen functional groups attached to an aromatic ring is 1. The van der Waals surface area contributed by atoms with Crippen molar-refractivity contribution < 1.29 is 18.0 Å². The summed E-state index contributed by atoms with van der Waals surface area (Å²) in [7, 11) is 0. The normalized spacial score (nSPS) is 11.6. The number of carbonyl (C=O) groups excluding carboxylic acids is 1. The van der Waals surface area contributed by atoms with E-state index in [0.29, 0.717) is 5.39 Å². The van der Waals surface area contributed by atoms with Gasteiger partial charge in [0, 0.05) is 10.4 Å². The second kappa shape index (κ2) is 5.53. The molecule has 112 valence electrons. The molecule has 1 amide bonds. The van der Waals surface area contributed by atoms with Crippen molar-refractivity contribution >= 4 is 44.7 Å². The van der Waals surface area contributed by atoms with Gasteiger partial charge in [0.1, 0.15) is 15.4 Å². The first-order chi connectivity index (χ1) is 9.70. The number of thiophene rings is 1. The lowest BCUT2D eigenvalue weighted by Gasteiger charge is -2.04. The fourth-order valence-corrected chi connectivity index (χ4v) is 2.66. The van der Waals surface area contributed by atoms with Crippen LogP contribution >= 0.6 is 22.9 Å². The van der Waals surface area contributed by atoms with Crippen molar-refractivity contribution in [1.29, 1.82) is 0 Å². The Balaban J connectivity index is 2.41. The molecule has 3 N–H and O–H groups in total. The van der Waals surface area contributed by atoms with E-state index in [4.69, 9.17) is 17.3 Å². The molecule has 0 bridgehead atoms. The van der Waals surface area contributed by atoms with Gasteiger partial charge in [-0.3, -0.25) is 4.79 Å². The number of halogens is 4. The number of hydrogen-bond acceptors (Lipinski definition) is 4. The Morgan fingerprint density at radius 1 is 1.48 bits per heavy atom. The summed E-state index contributed by atoms with van der Waals surface area (Å²) in [4.78, 5) is 15.5. The lowest BCUT2D eigenvalue weighted by Crippen LogP contribution is -2.24. The van der Waals surface area contributed by atoms with Crippen LogP contribution in [0.3, 0.4) is 0 Å². The molecule has 0 aliphatic rings. The molecule has 2 aromatic rings. The van der Waals surface area contributed by atoms with E-state index in [1.54, 1.807) is 0 Å². The molecule has 0 atom stereocenters. The first-order valence-corrected chi connectivity index (χ1v) is 6.77. The average Bonchev–Trinajstić information content (AvgIpc) is 2.72. The number of nitrogens with two attached hydrogens (primary N) is 1. The highest BCUT2D eigenvalue weighted by atomic mass is 35.5. The van der Waals surface area contributed by atoms with Crippen LogP contribution in [0.4, 0.5) is 18.9 Å². The molecular formula is C12H9ClF3N3OS. The summed E-state index contributed by atoms with van der Waals surface area (Å²) in [6.07, 6.45) is -4.55. The third-order valence-corrected chi connectivity index (χ3v) is 3.78. The lowest BCUT2D eigenvalue weighted by molar-refractivity contribution is -0.140. The van der Waals surface area contributed by atoms with Gasteiger partial charge in [-0.2, -0.15) is 13.2 Å². The quantitative estimate of drug-likeness (QED) is 0.903. The Bertz CT molecular complexity index is 726. The Morgan fingerprint density at radius 2 is 2.14 bits per heavy atom. The summed E-state index contributed by atoms with van der Waals surface area (Å²) in [5.41, 5.74) is 4.84. The van der Waals surface area contributed by atoms with Gasteiger partial charge in [0.2, 0.25) is 0 Å². The summed E-state index contributed by atoms with van der Waals surface area (Å²) < 4.78 is 37.8. The summed E-state index contributed by atoms with van der Waals surface area (Å²) in [6, 6.07) is 2.03. The molecular weight excluding hydrogens is 327 g/mol. The van der Waals surface area contributed by atoms with Crippen molar-refractivity contribution in [3.63, 3.8) is 0 Å². The minimum Gasteiger partial charge on any atom is -0.397 e. The fourth-order valence-electron chi connectivity index (χ4n) is 1.58. The van der Waals surface area contributed by atoms with Crippen LogP contribution in [-0.4, -0.2) is 17.4 Å². The van der Waals surface area contributed by atoms with E-state index in [9.17, 15) is 18.0 Å². The van der Waals surface area contributed by atoms with E-state index in [0.717, 1.165) is 17.4 Å². The van der Waals surface area contributed by atoms with Gasteiger partial charge < -0.3 is 11.1 Å². The maximum absolute atomic E-state index is 12.6. The number of carbonyl (C=O) groups is 1. The maximum Gasteiger partial charge on any atom is 0.433 e. The molecule has 2 heterocycles. The molecule has 0 aromatic carbocycles. The summed E-state index contributed by atoms with van der Waals surface area (Å²) in [5.74, 6) is -0.536. The number of anilines is 1. The molecule has 2 aromatic heterocycles. The highest BCUT2D eigenvalue weighted by molar-refractivity contribution is 7.21. The van der Waals surface area contributed by atoms with E-state index in [-0.39, 0.29) is 27.0 Å². The lowest BCUT2D eigenvalue weighted by atomic mass is 10.2. The molecule has 0 unspecified atom stereocenters. The molecule has 9 heteroatoms. The van der Waals surface area contributed by atoms with Crippen LogP contribution < -0.4 is 11.1 Å². The SMILES string of the molecule is C=C(Cl)CNC(=O)c1sc2nc(C(F)(F)F)ccc2c1N. The molecule has 4 nitrogen and oxygen atoms in total. The number of hydrogen-bond donors (Lipinski definition) is 2. The number of rotatable bonds is 3. The van der Waals surface area contributed by atoms with Gasteiger partial charge in [-0.25, -0.2) is 4.98 Å². The topological polar surface area (TPSA) is 68.0 Å². The van der Waals surface area contributed by atoms with Gasteiger partial charge in [0.15, 0.2) is 0 Å². The molecule has 2 rings (SSSR count). The van der Waals surface area contributed by atoms with Gasteiger partial charge in [-0.15, -0.1) is 11.3 Å². The van der Waals surface area contributed by atoms with Crippen LogP contribution in [0.2, 0.25) is 0 Å². The predicted octanol–water partition coefficient (Wildman–Crippen LogP) is 3.38. The zero-order valence-electron chi connectivity index (χ0n) is 10.4. The van der Waals surface area contributed by atoms with E-state index in [1.165, 1.54) is 6.07 Å². The number of nitrogens with zero attached hydrogens (tertiary/aromatic N) is 1. The van der Waals surface area contributed by atoms with Crippen molar-refractivity contribution in [3.8, 4) is 0 Å². The van der Waals surface area contributed by atoms with E-state index >= 15 is 0 Å². The Morgan fingerprint density at radius 3 is 2.71 bits per heavy atom. The van der Waals surface area contributed by atoms with Crippen molar-refractivity contribution in [3.05, 3.63) is 34.3 Å². The van der Waals surface area contributed by atoms with E-state index in [2.05, 4.69) is 16.9 Å². The number of pyridine rings is 1. The first kappa shape index (κ1) is 15.6. The minimum absolute atomic E-state index is 0.0370. The molecule has 21 heavy (non-hydrogen) atoms. The Labute approximate surface area is 126 Å². The molecule has 0 saturated carbocycles. The van der Waals surface area contributed by atoms with Crippen LogP contribution in [0.5, 0.6) is 0 Å². The Hall–Kier alpha value is -1.80. The van der Waals surface area contributed by atoms with Crippen LogP contribution in [0.15, 0.2) is 23.7 Å². The summed E-state index contributed by atoms with van der Waals surface area (Å²) >= 11 is 6.32. The zero-order chi connectivity index (χ0) is 15.8. The molecule has 0 aliphatic heterocycles. The number of nitrogens with one attached hydrogen (secondary N) is 1. The van der Waals surface area contributed by atoms with E-state index < -0.39 is 17.8 Å². The third kappa shape index (κ3) is 3.27. The number of amides is 1. The zero-order valence-corrected chi connectivity index (χ0v) is 12.0. The van der Waals surface area contributed by atoms with Crippen molar-refractivity contribution in [1.82, 2.24) is 10.3 Å². The van der Waals surface area contributed by atoms with Gasteiger partial charge in [0.05, 0.1) is 12.2 Å². The third-order valence-electron chi connectivity index (χ3n) is 2.53. The van der Waals surface area contributed by atoms with Gasteiger partial charge >= 0.3 is 6.18 Å². The summed E-state index contributed by atoms with van der Waals surface area (Å²) in [5, 5.41) is 2.99. The van der Waals surface area contributed by atoms with Crippen LogP contribution in [0.1, 0.15) is 15.4 Å². The van der Waals surface area contributed by atoms with Crippen molar-refractivity contribution in [2.75, 3.05) is 12.3 Å². The van der Waals surface area contributed by atoms with Gasteiger partial charge in [-0.05, 0) is 12.1 Å². The smallest absolute Gasteiger partial charge is 0.397 e.